The highest BCUT2D eigenvalue weighted by atomic mass is 35.5. The van der Waals surface area contributed by atoms with Crippen LogP contribution in [0.4, 0.5) is 0 Å². The van der Waals surface area contributed by atoms with Gasteiger partial charge in [-0.25, -0.2) is 0 Å². The Bertz CT molecular complexity index is 207. The van der Waals surface area contributed by atoms with Crippen LogP contribution in [0.3, 0.4) is 0 Å². The monoisotopic (exact) mass is 177 g/mol. The Morgan fingerprint density at radius 3 is 2.30 bits per heavy atom. The normalized spacial score (nSPS) is 9.10. The zero-order chi connectivity index (χ0) is 6.85. The average Bonchev–Trinajstić information content (AvgIpc) is 2.10. The molecule has 0 radical (unpaired) electrons. The topological polar surface area (TPSA) is 26.0 Å². The molecule has 1 aromatic heterocycles. The lowest BCUT2D eigenvalue weighted by Gasteiger charge is -1.88. The number of nitrogens with two attached hydrogens (primary N) is 1. The lowest BCUT2D eigenvalue weighted by Crippen LogP contribution is -1.94. The zero-order valence-electron chi connectivity index (χ0n) is 6.18. The molecule has 1 aromatic rings. The number of rotatable bonds is 1. The fourth-order valence-electron chi connectivity index (χ4n) is 0.886. The van der Waals surface area contributed by atoms with Crippen molar-refractivity contribution in [3.63, 3.8) is 0 Å². The van der Waals surface area contributed by atoms with Gasteiger partial charge in [-0.1, -0.05) is 0 Å². The lowest BCUT2D eigenvalue weighted by molar-refractivity contribution is 1.06. The van der Waals surface area contributed by atoms with E-state index in [2.05, 4.69) is 19.9 Å². The van der Waals surface area contributed by atoms with Crippen molar-refractivity contribution in [2.75, 3.05) is 0 Å². The number of hydrogen-bond donors (Lipinski definition) is 1. The summed E-state index contributed by atoms with van der Waals surface area (Å²) >= 11 is 1.81. The van der Waals surface area contributed by atoms with E-state index >= 15 is 0 Å². The van der Waals surface area contributed by atoms with Gasteiger partial charge in [0.2, 0.25) is 0 Å². The van der Waals surface area contributed by atoms with Crippen molar-refractivity contribution in [2.24, 2.45) is 5.73 Å². The van der Waals surface area contributed by atoms with Crippen molar-refractivity contribution >= 4 is 23.7 Å². The van der Waals surface area contributed by atoms with Crippen LogP contribution in [0, 0.1) is 13.8 Å². The minimum absolute atomic E-state index is 0. The first-order valence-corrected chi connectivity index (χ1v) is 3.81. The fourth-order valence-corrected chi connectivity index (χ4v) is 1.84. The molecule has 0 aliphatic carbocycles. The van der Waals surface area contributed by atoms with E-state index in [1.54, 1.807) is 0 Å². The number of hydrogen-bond acceptors (Lipinski definition) is 2. The van der Waals surface area contributed by atoms with E-state index < -0.39 is 0 Å². The van der Waals surface area contributed by atoms with E-state index in [1.807, 2.05) is 11.3 Å². The van der Waals surface area contributed by atoms with Gasteiger partial charge in [0.1, 0.15) is 0 Å². The van der Waals surface area contributed by atoms with E-state index in [-0.39, 0.29) is 12.4 Å². The minimum atomic E-state index is 0. The first kappa shape index (κ1) is 9.95. The predicted molar refractivity (Wildman–Crippen MR) is 48.9 cm³/mol. The summed E-state index contributed by atoms with van der Waals surface area (Å²) in [5, 5.41) is 0. The van der Waals surface area contributed by atoms with Crippen LogP contribution in [-0.2, 0) is 6.54 Å². The third-order valence-corrected chi connectivity index (χ3v) is 2.37. The summed E-state index contributed by atoms with van der Waals surface area (Å²) in [6, 6.07) is 2.15. The Hall–Kier alpha value is -0.0500. The molecule has 1 nitrogen and oxygen atoms in total. The molecular formula is C7H12ClNS. The summed E-state index contributed by atoms with van der Waals surface area (Å²) in [6.45, 7) is 4.90. The molecule has 2 N–H and O–H groups in total. The van der Waals surface area contributed by atoms with Gasteiger partial charge >= 0.3 is 0 Å². The Morgan fingerprint density at radius 1 is 1.50 bits per heavy atom. The molecule has 0 bridgehead atoms. The second-order valence-corrected chi connectivity index (χ2v) is 3.60. The van der Waals surface area contributed by atoms with Crippen LogP contribution < -0.4 is 5.73 Å². The molecule has 0 aromatic carbocycles. The molecule has 0 spiro atoms. The predicted octanol–water partition coefficient (Wildman–Crippen LogP) is 2.25. The van der Waals surface area contributed by atoms with Crippen LogP contribution in [-0.4, -0.2) is 0 Å². The van der Waals surface area contributed by atoms with Crippen molar-refractivity contribution in [3.05, 3.63) is 21.4 Å². The summed E-state index contributed by atoms with van der Waals surface area (Å²) in [5.74, 6) is 0. The van der Waals surface area contributed by atoms with Gasteiger partial charge in [0.05, 0.1) is 0 Å². The Kier molecular flexibility index (Phi) is 3.94. The van der Waals surface area contributed by atoms with Crippen molar-refractivity contribution in [1.29, 1.82) is 0 Å². The minimum Gasteiger partial charge on any atom is -0.326 e. The highest BCUT2D eigenvalue weighted by molar-refractivity contribution is 7.12. The second-order valence-electron chi connectivity index (χ2n) is 2.14. The van der Waals surface area contributed by atoms with Gasteiger partial charge in [-0.3, -0.25) is 0 Å². The third kappa shape index (κ3) is 1.97. The van der Waals surface area contributed by atoms with Gasteiger partial charge < -0.3 is 5.73 Å². The Balaban J connectivity index is 0.000000810. The molecule has 58 valence electrons. The first-order valence-electron chi connectivity index (χ1n) is 3.00. The second kappa shape index (κ2) is 3.96. The van der Waals surface area contributed by atoms with E-state index in [9.17, 15) is 0 Å². The maximum Gasteiger partial charge on any atom is 0.0189 e. The van der Waals surface area contributed by atoms with E-state index in [1.165, 1.54) is 15.3 Å². The van der Waals surface area contributed by atoms with Crippen LogP contribution in [0.1, 0.15) is 15.3 Å². The van der Waals surface area contributed by atoms with Gasteiger partial charge in [0.15, 0.2) is 0 Å². The van der Waals surface area contributed by atoms with E-state index in [4.69, 9.17) is 5.73 Å². The van der Waals surface area contributed by atoms with E-state index in [0.29, 0.717) is 6.54 Å². The summed E-state index contributed by atoms with van der Waals surface area (Å²) in [5.41, 5.74) is 6.76. The maximum absolute atomic E-state index is 5.47. The molecule has 1 heterocycles. The molecule has 1 rings (SSSR count). The molecule has 0 atom stereocenters. The molecule has 10 heavy (non-hydrogen) atoms. The summed E-state index contributed by atoms with van der Waals surface area (Å²) in [7, 11) is 0. The molecule has 0 amide bonds. The van der Waals surface area contributed by atoms with Crippen molar-refractivity contribution < 1.29 is 0 Å². The van der Waals surface area contributed by atoms with Crippen LogP contribution in [0.15, 0.2) is 6.07 Å². The van der Waals surface area contributed by atoms with Gasteiger partial charge in [-0.2, -0.15) is 0 Å². The average molecular weight is 178 g/mol. The van der Waals surface area contributed by atoms with Gasteiger partial charge in [0, 0.05) is 16.3 Å². The molecule has 0 aliphatic rings. The smallest absolute Gasteiger partial charge is 0.0189 e. The van der Waals surface area contributed by atoms with E-state index in [0.717, 1.165) is 0 Å². The van der Waals surface area contributed by atoms with Crippen LogP contribution >= 0.6 is 23.7 Å². The summed E-state index contributed by atoms with van der Waals surface area (Å²) in [6.07, 6.45) is 0. The number of thiophene rings is 1. The summed E-state index contributed by atoms with van der Waals surface area (Å²) < 4.78 is 0. The van der Waals surface area contributed by atoms with Crippen molar-refractivity contribution in [1.82, 2.24) is 0 Å². The standard InChI is InChI=1S/C7H11NS.ClH/c1-5-3-7(4-8)6(2)9-5;/h3H,4,8H2,1-2H3;1H. The quantitative estimate of drug-likeness (QED) is 0.700. The molecule has 0 unspecified atom stereocenters. The number of aryl methyl sites for hydroxylation is 2. The maximum atomic E-state index is 5.47. The first-order chi connectivity index (χ1) is 4.24. The van der Waals surface area contributed by atoms with Crippen molar-refractivity contribution in [2.45, 2.75) is 20.4 Å². The molecule has 0 saturated heterocycles. The van der Waals surface area contributed by atoms with Gasteiger partial charge in [-0.05, 0) is 25.5 Å². The van der Waals surface area contributed by atoms with Crippen LogP contribution in [0.5, 0.6) is 0 Å². The highest BCUT2D eigenvalue weighted by Crippen LogP contribution is 2.19. The molecular weight excluding hydrogens is 166 g/mol. The van der Waals surface area contributed by atoms with Crippen LogP contribution in [0.25, 0.3) is 0 Å². The van der Waals surface area contributed by atoms with Gasteiger partial charge in [0.25, 0.3) is 0 Å². The lowest BCUT2D eigenvalue weighted by atomic mass is 10.2. The molecule has 0 saturated carbocycles. The number of halogens is 1. The SMILES string of the molecule is Cc1cc(CN)c(C)s1.Cl. The summed E-state index contributed by atoms with van der Waals surface area (Å²) in [4.78, 5) is 2.71. The highest BCUT2D eigenvalue weighted by Gasteiger charge is 1.97. The van der Waals surface area contributed by atoms with Crippen LogP contribution in [0.2, 0.25) is 0 Å². The largest absolute Gasteiger partial charge is 0.326 e. The fraction of sp³-hybridized carbons (Fsp3) is 0.429. The van der Waals surface area contributed by atoms with Crippen molar-refractivity contribution in [3.8, 4) is 0 Å². The molecule has 0 aliphatic heterocycles. The Morgan fingerprint density at radius 2 is 2.10 bits per heavy atom. The third-order valence-electron chi connectivity index (χ3n) is 1.36. The molecule has 0 fully saturated rings. The Labute approximate surface area is 71.7 Å². The zero-order valence-corrected chi connectivity index (χ0v) is 7.81. The molecule has 3 heteroatoms. The van der Waals surface area contributed by atoms with Gasteiger partial charge in [-0.15, -0.1) is 23.7 Å².